The van der Waals surface area contributed by atoms with Crippen molar-refractivity contribution >= 4 is 38.7 Å². The predicted molar refractivity (Wildman–Crippen MR) is 173 cm³/mol. The van der Waals surface area contributed by atoms with E-state index >= 15 is 0 Å². The van der Waals surface area contributed by atoms with E-state index in [9.17, 15) is 4.79 Å². The van der Waals surface area contributed by atoms with Gasteiger partial charge in [0.05, 0.1) is 23.0 Å². The van der Waals surface area contributed by atoms with Gasteiger partial charge in [0, 0.05) is 34.4 Å². The number of nitrogens with one attached hydrogen (secondary N) is 1. The van der Waals surface area contributed by atoms with Crippen LogP contribution in [0.1, 0.15) is 118 Å². The summed E-state index contributed by atoms with van der Waals surface area (Å²) in [6.45, 7) is 2.27. The van der Waals surface area contributed by atoms with Crippen molar-refractivity contribution in [1.82, 2.24) is 14.8 Å². The molecule has 2 heterocycles. The van der Waals surface area contributed by atoms with Gasteiger partial charge in [-0.05, 0) is 49.2 Å². The molecule has 0 unspecified atom stereocenters. The van der Waals surface area contributed by atoms with Crippen LogP contribution in [0, 0.1) is 0 Å². The van der Waals surface area contributed by atoms with Crippen molar-refractivity contribution in [3.05, 3.63) is 94.5 Å². The Kier molecular flexibility index (Phi) is 15.6. The molecule has 0 saturated carbocycles. The van der Waals surface area contributed by atoms with E-state index in [4.69, 9.17) is 5.10 Å². The molecule has 40 heavy (non-hydrogen) atoms. The van der Waals surface area contributed by atoms with E-state index in [1.807, 2.05) is 73.1 Å². The summed E-state index contributed by atoms with van der Waals surface area (Å²) in [7, 11) is 0. The summed E-state index contributed by atoms with van der Waals surface area (Å²) in [5, 5.41) is 4.69. The van der Waals surface area contributed by atoms with E-state index in [-0.39, 0.29) is 11.0 Å². The van der Waals surface area contributed by atoms with Crippen LogP contribution in [0.5, 0.6) is 0 Å². The maximum atomic E-state index is 12.7. The van der Waals surface area contributed by atoms with E-state index in [1.165, 1.54) is 64.2 Å². The zero-order valence-corrected chi connectivity index (χ0v) is 26.1. The number of carbonyl (C=O) groups excluding carboxylic acids is 1. The molecule has 0 radical (unpaired) electrons. The van der Waals surface area contributed by atoms with Gasteiger partial charge in [-0.1, -0.05) is 118 Å². The Balaban J connectivity index is 1.59. The zero-order valence-electron chi connectivity index (χ0n) is 23.7. The SMILES string of the molecule is CCCCCCCCCCCCCCC(=NNSC(=O)c1cccc(Br)c1)C(c1ccccn1)c1ccccn1. The van der Waals surface area contributed by atoms with E-state index in [1.54, 1.807) is 0 Å². The highest BCUT2D eigenvalue weighted by molar-refractivity contribution is 9.10. The third kappa shape index (κ3) is 11.9. The van der Waals surface area contributed by atoms with E-state index < -0.39 is 0 Å². The molecule has 5 nitrogen and oxygen atoms in total. The number of carbonyl (C=O) groups is 1. The average Bonchev–Trinajstić information content (AvgIpc) is 2.98. The molecule has 2 aromatic heterocycles. The third-order valence-electron chi connectivity index (χ3n) is 6.97. The molecule has 0 fully saturated rings. The molecule has 1 N–H and O–H groups in total. The number of unbranched alkanes of at least 4 members (excludes halogenated alkanes) is 11. The number of hydrazone groups is 1. The van der Waals surface area contributed by atoms with E-state index in [0.717, 1.165) is 52.8 Å². The first-order chi connectivity index (χ1) is 19.7. The van der Waals surface area contributed by atoms with Crippen LogP contribution in [-0.2, 0) is 0 Å². The Bertz CT molecular complexity index is 1100. The van der Waals surface area contributed by atoms with E-state index in [0.29, 0.717) is 5.56 Å². The lowest BCUT2D eigenvalue weighted by molar-refractivity contribution is 0.108. The molecule has 3 rings (SSSR count). The number of halogens is 1. The molecule has 1 aromatic carbocycles. The molecule has 7 heteroatoms. The van der Waals surface area contributed by atoms with E-state index in [2.05, 4.69) is 37.7 Å². The van der Waals surface area contributed by atoms with Crippen molar-refractivity contribution in [1.29, 1.82) is 0 Å². The van der Waals surface area contributed by atoms with Crippen molar-refractivity contribution in [2.45, 2.75) is 96.3 Å². The largest absolute Gasteiger partial charge is 0.280 e. The van der Waals surface area contributed by atoms with Gasteiger partial charge in [-0.15, -0.1) is 0 Å². The predicted octanol–water partition coefficient (Wildman–Crippen LogP) is 9.90. The van der Waals surface area contributed by atoms with Crippen LogP contribution in [0.25, 0.3) is 0 Å². The molecule has 3 aromatic rings. The highest BCUT2D eigenvalue weighted by atomic mass is 79.9. The molecule has 214 valence electrons. The highest BCUT2D eigenvalue weighted by Gasteiger charge is 2.23. The van der Waals surface area contributed by atoms with Crippen LogP contribution >= 0.6 is 27.9 Å². The molecule has 0 amide bonds. The standard InChI is InChI=1S/C33H43BrN4OS/c1-2-3-4-5-6-7-8-9-10-11-12-13-23-31(37-38-40-33(39)27-19-18-20-28(34)26-27)32(29-21-14-16-24-35-29)30-22-15-17-25-36-30/h14-22,24-26,32,38H,2-13,23H2,1H3. The lowest BCUT2D eigenvalue weighted by atomic mass is 9.91. The van der Waals surface area contributed by atoms with Gasteiger partial charge in [0.1, 0.15) is 0 Å². The number of rotatable bonds is 19. The first kappa shape index (κ1) is 32.0. The topological polar surface area (TPSA) is 67.2 Å². The summed E-state index contributed by atoms with van der Waals surface area (Å²) in [5.41, 5.74) is 3.38. The summed E-state index contributed by atoms with van der Waals surface area (Å²) < 4.78 is 0.875. The van der Waals surface area contributed by atoms with Gasteiger partial charge in [-0.25, -0.2) is 4.83 Å². The first-order valence-electron chi connectivity index (χ1n) is 14.8. The van der Waals surface area contributed by atoms with Gasteiger partial charge in [-0.2, -0.15) is 5.10 Å². The van der Waals surface area contributed by atoms with Gasteiger partial charge >= 0.3 is 0 Å². The van der Waals surface area contributed by atoms with Crippen molar-refractivity contribution in [2.24, 2.45) is 5.10 Å². The fourth-order valence-electron chi connectivity index (χ4n) is 4.80. The van der Waals surface area contributed by atoms with Gasteiger partial charge < -0.3 is 0 Å². The number of pyridine rings is 2. The summed E-state index contributed by atoms with van der Waals surface area (Å²) >= 11 is 4.44. The molecule has 0 aliphatic heterocycles. The van der Waals surface area contributed by atoms with Crippen LogP contribution in [-0.4, -0.2) is 20.8 Å². The summed E-state index contributed by atoms with van der Waals surface area (Å²) in [6.07, 6.45) is 20.1. The fraction of sp³-hybridized carbons (Fsp3) is 0.455. The molecule has 0 aliphatic rings. The van der Waals surface area contributed by atoms with Gasteiger partial charge in [0.2, 0.25) is 5.12 Å². The molecular weight excluding hydrogens is 580 g/mol. The van der Waals surface area contributed by atoms with Crippen LogP contribution in [0.4, 0.5) is 0 Å². The number of nitrogens with zero attached hydrogens (tertiary/aromatic N) is 3. The highest BCUT2D eigenvalue weighted by Crippen LogP contribution is 2.26. The van der Waals surface area contributed by atoms with Crippen LogP contribution < -0.4 is 4.83 Å². The van der Waals surface area contributed by atoms with Gasteiger partial charge in [-0.3, -0.25) is 14.8 Å². The second-order valence-corrected chi connectivity index (χ2v) is 11.8. The molecule has 0 bridgehead atoms. The molecular formula is C33H43BrN4OS. The number of aromatic nitrogens is 2. The maximum Gasteiger partial charge on any atom is 0.240 e. The Morgan fingerprint density at radius 2 is 1.38 bits per heavy atom. The first-order valence-corrected chi connectivity index (χ1v) is 16.4. The van der Waals surface area contributed by atoms with Crippen molar-refractivity contribution < 1.29 is 4.79 Å². The summed E-state index contributed by atoms with van der Waals surface area (Å²) in [4.78, 5) is 25.1. The van der Waals surface area contributed by atoms with Crippen molar-refractivity contribution in [3.8, 4) is 0 Å². The van der Waals surface area contributed by atoms with Crippen molar-refractivity contribution in [2.75, 3.05) is 0 Å². The monoisotopic (exact) mass is 622 g/mol. The lowest BCUT2D eigenvalue weighted by Gasteiger charge is -2.19. The Morgan fingerprint density at radius 3 is 1.90 bits per heavy atom. The van der Waals surface area contributed by atoms with Crippen LogP contribution in [0.2, 0.25) is 0 Å². The fourth-order valence-corrected chi connectivity index (χ4v) is 5.69. The molecule has 0 aliphatic carbocycles. The quantitative estimate of drug-likeness (QED) is 0.0623. The lowest BCUT2D eigenvalue weighted by Crippen LogP contribution is -2.19. The van der Waals surface area contributed by atoms with Crippen molar-refractivity contribution in [3.63, 3.8) is 0 Å². The number of benzene rings is 1. The number of hydrogen-bond acceptors (Lipinski definition) is 6. The molecule has 0 saturated heterocycles. The second kappa shape index (κ2) is 19.5. The molecule has 0 atom stereocenters. The average molecular weight is 624 g/mol. The zero-order chi connectivity index (χ0) is 28.3. The summed E-state index contributed by atoms with van der Waals surface area (Å²) in [5.74, 6) is -0.177. The Hall–Kier alpha value is -2.51. The normalized spacial score (nSPS) is 11.6. The number of hydrogen-bond donors (Lipinski definition) is 1. The Labute approximate surface area is 253 Å². The van der Waals surface area contributed by atoms with Gasteiger partial charge in [0.25, 0.3) is 0 Å². The molecule has 0 spiro atoms. The minimum absolute atomic E-state index is 0.0815. The minimum Gasteiger partial charge on any atom is -0.280 e. The van der Waals surface area contributed by atoms with Gasteiger partial charge in [0.15, 0.2) is 0 Å². The Morgan fingerprint density at radius 1 is 0.800 bits per heavy atom. The second-order valence-electron chi connectivity index (χ2n) is 10.2. The summed E-state index contributed by atoms with van der Waals surface area (Å²) in [6, 6.07) is 19.3. The minimum atomic E-state index is -0.177. The smallest absolute Gasteiger partial charge is 0.240 e. The maximum absolute atomic E-state index is 12.7. The van der Waals surface area contributed by atoms with Crippen LogP contribution in [0.3, 0.4) is 0 Å². The third-order valence-corrected chi connectivity index (χ3v) is 8.07. The van der Waals surface area contributed by atoms with Crippen LogP contribution in [0.15, 0.2) is 82.6 Å².